The maximum absolute atomic E-state index is 10.7. The van der Waals surface area contributed by atoms with Crippen LogP contribution in [0.2, 0.25) is 0 Å². The third-order valence-corrected chi connectivity index (χ3v) is 3.76. The maximum Gasteiger partial charge on any atom is 0.122 e. The Hall–Kier alpha value is -1.72. The topological polar surface area (TPSA) is 62.4 Å². The Kier molecular flexibility index (Phi) is 3.08. The molecule has 2 heterocycles. The molecule has 5 heteroatoms. The van der Waals surface area contributed by atoms with E-state index < -0.39 is 5.60 Å². The van der Waals surface area contributed by atoms with Gasteiger partial charge in [0.05, 0.1) is 0 Å². The minimum absolute atomic E-state index is 0.614. The van der Waals surface area contributed by atoms with Gasteiger partial charge in [0.25, 0.3) is 0 Å². The van der Waals surface area contributed by atoms with Crippen molar-refractivity contribution in [3.05, 3.63) is 47.3 Å². The molecule has 2 aromatic rings. The minimum atomic E-state index is -0.758. The van der Waals surface area contributed by atoms with Crippen LogP contribution < -0.4 is 0 Å². The van der Waals surface area contributed by atoms with Crippen molar-refractivity contribution in [3.63, 3.8) is 0 Å². The van der Waals surface area contributed by atoms with Crippen LogP contribution in [0.15, 0.2) is 35.0 Å². The van der Waals surface area contributed by atoms with Gasteiger partial charge in [0, 0.05) is 19.6 Å². The van der Waals surface area contributed by atoms with Crippen LogP contribution >= 0.6 is 0 Å². The molecule has 1 atom stereocenters. The highest BCUT2D eigenvalue weighted by atomic mass is 16.6. The fraction of sp³-hybridized carbons (Fsp3) is 0.429. The van der Waals surface area contributed by atoms with Gasteiger partial charge in [-0.2, -0.15) is 0 Å². The number of aromatic nitrogens is 2. The zero-order valence-electron chi connectivity index (χ0n) is 10.9. The van der Waals surface area contributed by atoms with E-state index in [1.165, 1.54) is 0 Å². The number of aryl methyl sites for hydroxylation is 1. The standard InChI is InChI=1S/C14H17N3O2/c1-11-13(16-19-15-11)9-17-8-7-14(18,10-17)12-5-3-2-4-6-12/h2-6,18H,7-10H2,1H3/t14-/m1/s1. The summed E-state index contributed by atoms with van der Waals surface area (Å²) in [7, 11) is 0. The van der Waals surface area contributed by atoms with E-state index in [4.69, 9.17) is 4.63 Å². The summed E-state index contributed by atoms with van der Waals surface area (Å²) in [5.74, 6) is 0. The fourth-order valence-corrected chi connectivity index (χ4v) is 2.59. The number of β-amino-alcohol motifs (C(OH)–C–C–N with tert-alkyl or cyclic N) is 1. The van der Waals surface area contributed by atoms with Crippen molar-refractivity contribution in [2.24, 2.45) is 0 Å². The molecule has 0 radical (unpaired) electrons. The van der Waals surface area contributed by atoms with Crippen molar-refractivity contribution in [1.82, 2.24) is 15.2 Å². The van der Waals surface area contributed by atoms with E-state index >= 15 is 0 Å². The fourth-order valence-electron chi connectivity index (χ4n) is 2.59. The van der Waals surface area contributed by atoms with Gasteiger partial charge in [-0.15, -0.1) is 0 Å². The average Bonchev–Trinajstić information content (AvgIpc) is 3.00. The normalized spacial score (nSPS) is 23.9. The summed E-state index contributed by atoms with van der Waals surface area (Å²) >= 11 is 0. The predicted octanol–water partition coefficient (Wildman–Crippen LogP) is 1.47. The minimum Gasteiger partial charge on any atom is -0.384 e. The summed E-state index contributed by atoms with van der Waals surface area (Å²) in [4.78, 5) is 2.18. The number of rotatable bonds is 3. The Morgan fingerprint density at radius 2 is 2.11 bits per heavy atom. The van der Waals surface area contributed by atoms with Crippen LogP contribution in [0.25, 0.3) is 0 Å². The second-order valence-corrected chi connectivity index (χ2v) is 5.15. The van der Waals surface area contributed by atoms with E-state index in [0.29, 0.717) is 13.1 Å². The summed E-state index contributed by atoms with van der Waals surface area (Å²) in [6, 6.07) is 9.84. The number of aliphatic hydroxyl groups is 1. The highest BCUT2D eigenvalue weighted by Gasteiger charge is 2.37. The second kappa shape index (κ2) is 4.75. The lowest BCUT2D eigenvalue weighted by Crippen LogP contribution is -2.30. The molecule has 1 aromatic heterocycles. The van der Waals surface area contributed by atoms with E-state index in [0.717, 1.165) is 29.9 Å². The van der Waals surface area contributed by atoms with Crippen molar-refractivity contribution in [1.29, 1.82) is 0 Å². The highest BCUT2D eigenvalue weighted by molar-refractivity contribution is 5.24. The average molecular weight is 259 g/mol. The summed E-state index contributed by atoms with van der Waals surface area (Å²) in [6.07, 6.45) is 0.737. The molecule has 100 valence electrons. The molecule has 1 aliphatic heterocycles. The first-order valence-electron chi connectivity index (χ1n) is 6.46. The van der Waals surface area contributed by atoms with Crippen molar-refractivity contribution in [2.75, 3.05) is 13.1 Å². The summed E-state index contributed by atoms with van der Waals surface area (Å²) in [5, 5.41) is 18.4. The number of likely N-dealkylation sites (tertiary alicyclic amines) is 1. The summed E-state index contributed by atoms with van der Waals surface area (Å²) < 4.78 is 4.70. The molecular formula is C14H17N3O2. The number of nitrogens with zero attached hydrogens (tertiary/aromatic N) is 3. The summed E-state index contributed by atoms with van der Waals surface area (Å²) in [6.45, 7) is 4.01. The van der Waals surface area contributed by atoms with Crippen LogP contribution in [-0.2, 0) is 12.1 Å². The quantitative estimate of drug-likeness (QED) is 0.904. The lowest BCUT2D eigenvalue weighted by atomic mass is 9.93. The first kappa shape index (κ1) is 12.3. The molecular weight excluding hydrogens is 242 g/mol. The molecule has 0 unspecified atom stereocenters. The first-order chi connectivity index (χ1) is 9.17. The van der Waals surface area contributed by atoms with Gasteiger partial charge in [-0.05, 0) is 18.9 Å². The third kappa shape index (κ3) is 2.39. The lowest BCUT2D eigenvalue weighted by molar-refractivity contribution is 0.0450. The van der Waals surface area contributed by atoms with Gasteiger partial charge < -0.3 is 5.11 Å². The van der Waals surface area contributed by atoms with Crippen molar-refractivity contribution >= 4 is 0 Å². The third-order valence-electron chi connectivity index (χ3n) is 3.76. The predicted molar refractivity (Wildman–Crippen MR) is 69.3 cm³/mol. The molecule has 1 saturated heterocycles. The molecule has 3 rings (SSSR count). The molecule has 1 N–H and O–H groups in total. The zero-order valence-corrected chi connectivity index (χ0v) is 10.9. The second-order valence-electron chi connectivity index (χ2n) is 5.15. The van der Waals surface area contributed by atoms with Crippen molar-refractivity contribution < 1.29 is 9.74 Å². The molecule has 0 spiro atoms. The van der Waals surface area contributed by atoms with Crippen LogP contribution in [0, 0.1) is 6.92 Å². The van der Waals surface area contributed by atoms with Gasteiger partial charge in [0.2, 0.25) is 0 Å². The van der Waals surface area contributed by atoms with E-state index in [2.05, 4.69) is 15.2 Å². The van der Waals surface area contributed by atoms with E-state index in [-0.39, 0.29) is 0 Å². The molecule has 0 bridgehead atoms. The van der Waals surface area contributed by atoms with Gasteiger partial charge in [-0.1, -0.05) is 40.6 Å². The molecule has 19 heavy (non-hydrogen) atoms. The maximum atomic E-state index is 10.7. The van der Waals surface area contributed by atoms with Gasteiger partial charge in [-0.25, -0.2) is 4.63 Å². The van der Waals surface area contributed by atoms with Crippen LogP contribution in [0.4, 0.5) is 0 Å². The van der Waals surface area contributed by atoms with E-state index in [9.17, 15) is 5.11 Å². The molecule has 0 saturated carbocycles. The Bertz CT molecular complexity index is 555. The monoisotopic (exact) mass is 259 g/mol. The largest absolute Gasteiger partial charge is 0.384 e. The Morgan fingerprint density at radius 1 is 1.32 bits per heavy atom. The highest BCUT2D eigenvalue weighted by Crippen LogP contribution is 2.32. The Labute approximate surface area is 111 Å². The van der Waals surface area contributed by atoms with Crippen molar-refractivity contribution in [3.8, 4) is 0 Å². The molecule has 0 amide bonds. The van der Waals surface area contributed by atoms with Gasteiger partial charge in [0.15, 0.2) is 0 Å². The van der Waals surface area contributed by atoms with Crippen LogP contribution in [0.3, 0.4) is 0 Å². The van der Waals surface area contributed by atoms with E-state index in [1.54, 1.807) is 0 Å². The number of hydrogen-bond donors (Lipinski definition) is 1. The van der Waals surface area contributed by atoms with Crippen LogP contribution in [0.5, 0.6) is 0 Å². The Morgan fingerprint density at radius 3 is 2.79 bits per heavy atom. The first-order valence-corrected chi connectivity index (χ1v) is 6.46. The van der Waals surface area contributed by atoms with E-state index in [1.807, 2.05) is 37.3 Å². The number of hydrogen-bond acceptors (Lipinski definition) is 5. The molecule has 1 fully saturated rings. The lowest BCUT2D eigenvalue weighted by Gasteiger charge is -2.23. The van der Waals surface area contributed by atoms with Gasteiger partial charge in [0.1, 0.15) is 17.0 Å². The summed E-state index contributed by atoms with van der Waals surface area (Å²) in [5.41, 5.74) is 1.88. The smallest absolute Gasteiger partial charge is 0.122 e. The number of benzene rings is 1. The van der Waals surface area contributed by atoms with Gasteiger partial charge in [-0.3, -0.25) is 4.90 Å². The van der Waals surface area contributed by atoms with Gasteiger partial charge >= 0.3 is 0 Å². The Balaban J connectivity index is 1.72. The van der Waals surface area contributed by atoms with Crippen molar-refractivity contribution in [2.45, 2.75) is 25.5 Å². The molecule has 0 aliphatic carbocycles. The molecule has 1 aliphatic rings. The van der Waals surface area contributed by atoms with Crippen LogP contribution in [0.1, 0.15) is 23.4 Å². The van der Waals surface area contributed by atoms with Crippen LogP contribution in [-0.4, -0.2) is 33.4 Å². The SMILES string of the molecule is Cc1nonc1CN1CC[C@](O)(c2ccccc2)C1. The molecule has 5 nitrogen and oxygen atoms in total. The zero-order chi connectivity index (χ0) is 13.3. The molecule has 1 aromatic carbocycles.